The first-order chi connectivity index (χ1) is 9.20. The lowest BCUT2D eigenvalue weighted by Gasteiger charge is -2.16. The Bertz CT molecular complexity index is 531. The first-order valence-corrected chi connectivity index (χ1v) is 6.36. The van der Waals surface area contributed by atoms with Gasteiger partial charge in [-0.25, -0.2) is 4.39 Å². The molecule has 1 aliphatic rings. The first-order valence-electron chi connectivity index (χ1n) is 6.36. The molecule has 1 aromatic carbocycles. The van der Waals surface area contributed by atoms with Gasteiger partial charge in [-0.15, -0.1) is 0 Å². The Balaban J connectivity index is 2.19. The number of nitrogens with zero attached hydrogens (tertiary/aromatic N) is 1. The van der Waals surface area contributed by atoms with Gasteiger partial charge in [0.15, 0.2) is 0 Å². The van der Waals surface area contributed by atoms with Crippen molar-refractivity contribution >= 4 is 5.91 Å². The minimum Gasteiger partial charge on any atom is -0.395 e. The summed E-state index contributed by atoms with van der Waals surface area (Å²) in [5.41, 5.74) is 1.44. The third-order valence-corrected chi connectivity index (χ3v) is 3.06. The van der Waals surface area contributed by atoms with E-state index in [4.69, 9.17) is 5.11 Å². The van der Waals surface area contributed by atoms with Crippen LogP contribution in [0.2, 0.25) is 0 Å². The summed E-state index contributed by atoms with van der Waals surface area (Å²) >= 11 is 0. The van der Waals surface area contributed by atoms with Crippen LogP contribution in [0.4, 0.5) is 4.39 Å². The number of aliphatic hydroxyl groups is 1. The normalized spacial score (nSPS) is 14.4. The molecule has 0 radical (unpaired) electrons. The molecule has 0 aromatic heterocycles. The molecule has 2 rings (SSSR count). The zero-order chi connectivity index (χ0) is 13.7. The zero-order valence-electron chi connectivity index (χ0n) is 10.7. The Labute approximate surface area is 112 Å². The Morgan fingerprint density at radius 3 is 2.95 bits per heavy atom. The minimum absolute atomic E-state index is 0.0116. The van der Waals surface area contributed by atoms with Crippen molar-refractivity contribution in [3.8, 4) is 11.8 Å². The fourth-order valence-electron chi connectivity index (χ4n) is 2.09. The minimum atomic E-state index is -0.343. The van der Waals surface area contributed by atoms with Gasteiger partial charge in [0, 0.05) is 31.5 Å². The first kappa shape index (κ1) is 13.6. The lowest BCUT2D eigenvalue weighted by molar-refractivity contribution is -0.128. The number of likely N-dealkylation sites (tertiary alicyclic amines) is 1. The van der Waals surface area contributed by atoms with E-state index in [-0.39, 0.29) is 18.3 Å². The molecular formula is C15H16FNO2. The number of aliphatic hydroxyl groups excluding tert-OH is 1. The summed E-state index contributed by atoms with van der Waals surface area (Å²) in [4.78, 5) is 13.4. The van der Waals surface area contributed by atoms with Crippen LogP contribution in [0.3, 0.4) is 0 Å². The highest BCUT2D eigenvalue weighted by Crippen LogP contribution is 2.17. The molecule has 1 amide bonds. The van der Waals surface area contributed by atoms with Crippen LogP contribution in [-0.4, -0.2) is 29.1 Å². The molecule has 19 heavy (non-hydrogen) atoms. The number of halogens is 1. The van der Waals surface area contributed by atoms with Crippen molar-refractivity contribution in [2.75, 3.05) is 13.2 Å². The summed E-state index contributed by atoms with van der Waals surface area (Å²) in [7, 11) is 0. The molecule has 3 nitrogen and oxygen atoms in total. The van der Waals surface area contributed by atoms with E-state index in [1.165, 1.54) is 12.1 Å². The SMILES string of the molecule is O=C1CCCN1Cc1ccc(F)cc1C#CCCO. The predicted molar refractivity (Wildman–Crippen MR) is 69.6 cm³/mol. The number of carbonyl (C=O) groups is 1. The third kappa shape index (κ3) is 3.55. The number of hydrogen-bond donors (Lipinski definition) is 1. The molecule has 0 aliphatic carbocycles. The van der Waals surface area contributed by atoms with Crippen LogP contribution < -0.4 is 0 Å². The number of hydrogen-bond acceptors (Lipinski definition) is 2. The van der Waals surface area contributed by atoms with Crippen LogP contribution >= 0.6 is 0 Å². The van der Waals surface area contributed by atoms with Gasteiger partial charge in [0.2, 0.25) is 5.91 Å². The van der Waals surface area contributed by atoms with Gasteiger partial charge in [-0.3, -0.25) is 4.79 Å². The van der Waals surface area contributed by atoms with Gasteiger partial charge in [0.05, 0.1) is 6.61 Å². The number of rotatable bonds is 3. The Morgan fingerprint density at radius 1 is 1.42 bits per heavy atom. The highest BCUT2D eigenvalue weighted by Gasteiger charge is 2.20. The summed E-state index contributed by atoms with van der Waals surface area (Å²) in [5, 5.41) is 8.70. The van der Waals surface area contributed by atoms with Crippen molar-refractivity contribution in [2.24, 2.45) is 0 Å². The second-order valence-electron chi connectivity index (χ2n) is 4.50. The van der Waals surface area contributed by atoms with Crippen molar-refractivity contribution in [3.63, 3.8) is 0 Å². The van der Waals surface area contributed by atoms with Gasteiger partial charge in [-0.1, -0.05) is 17.9 Å². The summed E-state index contributed by atoms with van der Waals surface area (Å²) < 4.78 is 13.2. The van der Waals surface area contributed by atoms with Gasteiger partial charge in [0.25, 0.3) is 0 Å². The second-order valence-corrected chi connectivity index (χ2v) is 4.50. The second kappa shape index (κ2) is 6.35. The fraction of sp³-hybridized carbons (Fsp3) is 0.400. The molecule has 1 saturated heterocycles. The summed E-state index contributed by atoms with van der Waals surface area (Å²) in [6.45, 7) is 1.21. The van der Waals surface area contributed by atoms with Gasteiger partial charge in [0.1, 0.15) is 5.82 Å². The average Bonchev–Trinajstić information content (AvgIpc) is 2.78. The molecule has 1 N–H and O–H groups in total. The summed E-state index contributed by atoms with van der Waals surface area (Å²) in [6.07, 6.45) is 1.83. The number of benzene rings is 1. The van der Waals surface area contributed by atoms with E-state index in [0.717, 1.165) is 18.5 Å². The van der Waals surface area contributed by atoms with Gasteiger partial charge >= 0.3 is 0 Å². The van der Waals surface area contributed by atoms with Crippen LogP contribution in [0, 0.1) is 17.7 Å². The van der Waals surface area contributed by atoms with Crippen molar-refractivity contribution < 1.29 is 14.3 Å². The maximum Gasteiger partial charge on any atom is 0.222 e. The van der Waals surface area contributed by atoms with E-state index in [1.54, 1.807) is 11.0 Å². The van der Waals surface area contributed by atoms with Crippen molar-refractivity contribution in [3.05, 3.63) is 35.1 Å². The van der Waals surface area contributed by atoms with Gasteiger partial charge < -0.3 is 10.0 Å². The molecule has 0 unspecified atom stereocenters. The standard InChI is InChI=1S/C15H16FNO2/c16-14-7-6-13(11-17-8-3-5-15(17)19)12(10-14)4-1-2-9-18/h6-7,10,18H,2-3,5,8-9,11H2. The highest BCUT2D eigenvalue weighted by molar-refractivity contribution is 5.78. The molecule has 0 atom stereocenters. The van der Waals surface area contributed by atoms with Crippen LogP contribution in [0.15, 0.2) is 18.2 Å². The van der Waals surface area contributed by atoms with Crippen LogP contribution in [0.1, 0.15) is 30.4 Å². The molecule has 100 valence electrons. The van der Waals surface area contributed by atoms with Crippen molar-refractivity contribution in [1.82, 2.24) is 4.90 Å². The van der Waals surface area contributed by atoms with E-state index in [1.807, 2.05) is 0 Å². The Morgan fingerprint density at radius 2 is 2.26 bits per heavy atom. The van der Waals surface area contributed by atoms with Gasteiger partial charge in [-0.05, 0) is 24.1 Å². The molecular weight excluding hydrogens is 245 g/mol. The monoisotopic (exact) mass is 261 g/mol. The maximum atomic E-state index is 13.2. The molecule has 1 aromatic rings. The van der Waals surface area contributed by atoms with Crippen molar-refractivity contribution in [2.45, 2.75) is 25.8 Å². The smallest absolute Gasteiger partial charge is 0.222 e. The molecule has 1 heterocycles. The van der Waals surface area contributed by atoms with E-state index >= 15 is 0 Å². The fourth-order valence-corrected chi connectivity index (χ4v) is 2.09. The van der Waals surface area contributed by atoms with Crippen molar-refractivity contribution in [1.29, 1.82) is 0 Å². The molecule has 4 heteroatoms. The Kier molecular flexibility index (Phi) is 4.53. The summed E-state index contributed by atoms with van der Waals surface area (Å²) in [5.74, 6) is 5.44. The largest absolute Gasteiger partial charge is 0.395 e. The number of carbonyl (C=O) groups excluding carboxylic acids is 1. The van der Waals surface area contributed by atoms with E-state index < -0.39 is 0 Å². The topological polar surface area (TPSA) is 40.5 Å². The van der Waals surface area contributed by atoms with Crippen LogP contribution in [-0.2, 0) is 11.3 Å². The molecule has 0 bridgehead atoms. The average molecular weight is 261 g/mol. The lowest BCUT2D eigenvalue weighted by Crippen LogP contribution is -2.24. The quantitative estimate of drug-likeness (QED) is 0.841. The lowest BCUT2D eigenvalue weighted by atomic mass is 10.1. The number of amides is 1. The van der Waals surface area contributed by atoms with E-state index in [0.29, 0.717) is 24.9 Å². The van der Waals surface area contributed by atoms with Crippen LogP contribution in [0.25, 0.3) is 0 Å². The van der Waals surface area contributed by atoms with E-state index in [2.05, 4.69) is 11.8 Å². The van der Waals surface area contributed by atoms with E-state index in [9.17, 15) is 9.18 Å². The molecule has 0 spiro atoms. The summed E-state index contributed by atoms with van der Waals surface area (Å²) in [6, 6.07) is 4.43. The molecule has 1 fully saturated rings. The Hall–Kier alpha value is -1.86. The zero-order valence-corrected chi connectivity index (χ0v) is 10.7. The molecule has 0 saturated carbocycles. The van der Waals surface area contributed by atoms with Gasteiger partial charge in [-0.2, -0.15) is 0 Å². The van der Waals surface area contributed by atoms with Crippen LogP contribution in [0.5, 0.6) is 0 Å². The molecule has 1 aliphatic heterocycles. The highest BCUT2D eigenvalue weighted by atomic mass is 19.1. The maximum absolute atomic E-state index is 13.2. The predicted octanol–water partition coefficient (Wildman–Crippen LogP) is 1.68. The third-order valence-electron chi connectivity index (χ3n) is 3.06.